The number of esters is 2. The van der Waals surface area contributed by atoms with Gasteiger partial charge in [0.1, 0.15) is 19.8 Å². The number of nitrogens with zero attached hydrogens (tertiary/aromatic N) is 1. The Morgan fingerprint density at radius 1 is 0.470 bits per heavy atom. The van der Waals surface area contributed by atoms with Gasteiger partial charge in [-0.15, -0.1) is 0 Å². The Morgan fingerprint density at radius 3 is 1.26 bits per heavy atom. The Balaban J connectivity index is 4.45. The van der Waals surface area contributed by atoms with Crippen molar-refractivity contribution < 1.29 is 42.1 Å². The topological polar surface area (TPSA) is 111 Å². The van der Waals surface area contributed by atoms with Crippen LogP contribution in [-0.4, -0.2) is 70.0 Å². The van der Waals surface area contributed by atoms with E-state index in [9.17, 15) is 19.0 Å². The van der Waals surface area contributed by atoms with Crippen molar-refractivity contribution in [2.24, 2.45) is 0 Å². The minimum atomic E-state index is -4.66. The maximum atomic E-state index is 12.7. The molecular weight excluding hydrogens is 846 g/mol. The van der Waals surface area contributed by atoms with Crippen molar-refractivity contribution in [2.45, 2.75) is 161 Å². The average molecular weight is 936 g/mol. The second-order valence-electron chi connectivity index (χ2n) is 17.1. The van der Waals surface area contributed by atoms with Crippen molar-refractivity contribution in [1.82, 2.24) is 0 Å². The summed E-state index contributed by atoms with van der Waals surface area (Å²) in [5.74, 6) is -0.935. The molecule has 0 fully saturated rings. The number of ether oxygens (including phenoxy) is 2. The number of quaternary nitrogens is 1. The van der Waals surface area contributed by atoms with Gasteiger partial charge in [-0.1, -0.05) is 173 Å². The van der Waals surface area contributed by atoms with E-state index in [0.29, 0.717) is 30.3 Å². The molecule has 0 saturated heterocycles. The molecule has 0 amide bonds. The van der Waals surface area contributed by atoms with E-state index in [1.807, 2.05) is 27.2 Å². The highest BCUT2D eigenvalue weighted by Crippen LogP contribution is 2.38. The number of phosphoric ester groups is 1. The van der Waals surface area contributed by atoms with Crippen molar-refractivity contribution in [3.8, 4) is 0 Å². The highest BCUT2D eigenvalue weighted by atomic mass is 31.2. The van der Waals surface area contributed by atoms with Gasteiger partial charge in [-0.05, 0) is 103 Å². The number of carbonyl (C=O) groups excluding carboxylic acids is 2. The molecule has 0 bridgehead atoms. The summed E-state index contributed by atoms with van der Waals surface area (Å²) in [6.45, 7) is 3.89. The predicted octanol–water partition coefficient (Wildman–Crippen LogP) is 14.4. The van der Waals surface area contributed by atoms with Crippen molar-refractivity contribution >= 4 is 19.8 Å². The van der Waals surface area contributed by atoms with Crippen LogP contribution in [0.1, 0.15) is 155 Å². The first kappa shape index (κ1) is 62.1. The van der Waals surface area contributed by atoms with E-state index in [-0.39, 0.29) is 26.1 Å². The standard InChI is InChI=1S/C56H90NO8P/c1-6-8-10-12-14-16-18-20-22-24-26-27-28-29-31-33-35-37-39-41-43-45-47-49-56(59)65-54(53-64-66(60,61)63-51-50-57(3,4)5)52-62-55(58)48-46-44-42-40-38-36-34-32-30-25-23-21-19-17-15-13-11-9-7-2/h8-11,14-17,20-23,26-27,29-32,35,37,41,43,54H,6-7,12-13,18-19,24-25,28,33-34,36,38-40,42,44-53H2,1-5H3/b10-8-,11-9-,16-14-,17-15-,22-20-,23-21-,27-26-,31-29-,32-30-,37-35-,43-41-. The third-order valence-corrected chi connectivity index (χ3v) is 10.6. The molecule has 10 heteroatoms. The largest absolute Gasteiger partial charge is 0.756 e. The van der Waals surface area contributed by atoms with Crippen LogP contribution >= 0.6 is 7.82 Å². The van der Waals surface area contributed by atoms with Crippen molar-refractivity contribution in [3.05, 3.63) is 134 Å². The summed E-state index contributed by atoms with van der Waals surface area (Å²) in [4.78, 5) is 37.7. The first-order chi connectivity index (χ1) is 32.0. The Hall–Kier alpha value is -3.85. The summed E-state index contributed by atoms with van der Waals surface area (Å²) < 4.78 is 33.9. The quantitative estimate of drug-likeness (QED) is 0.0195. The number of allylic oxidation sites excluding steroid dienone is 22. The van der Waals surface area contributed by atoms with E-state index in [1.165, 1.54) is 0 Å². The predicted molar refractivity (Wildman–Crippen MR) is 277 cm³/mol. The Morgan fingerprint density at radius 2 is 0.833 bits per heavy atom. The lowest BCUT2D eigenvalue weighted by Gasteiger charge is -2.28. The number of likely N-dealkylation sites (N-methyl/N-ethyl adjacent to an activating group) is 1. The molecule has 2 unspecified atom stereocenters. The van der Waals surface area contributed by atoms with Crippen LogP contribution < -0.4 is 4.89 Å². The zero-order chi connectivity index (χ0) is 48.5. The number of phosphoric acid groups is 1. The highest BCUT2D eigenvalue weighted by Gasteiger charge is 2.21. The van der Waals surface area contributed by atoms with Gasteiger partial charge in [0.25, 0.3) is 7.82 Å². The Bertz CT molecular complexity index is 1570. The molecule has 2 atom stereocenters. The molecule has 0 saturated carbocycles. The van der Waals surface area contributed by atoms with Gasteiger partial charge in [0.15, 0.2) is 6.10 Å². The maximum absolute atomic E-state index is 12.7. The minimum absolute atomic E-state index is 0.0530. The van der Waals surface area contributed by atoms with Crippen LogP contribution in [0.4, 0.5) is 0 Å². The molecule has 0 aromatic carbocycles. The lowest BCUT2D eigenvalue weighted by atomic mass is 10.1. The van der Waals surface area contributed by atoms with Gasteiger partial charge in [0.2, 0.25) is 0 Å². The van der Waals surface area contributed by atoms with Crippen molar-refractivity contribution in [2.75, 3.05) is 47.5 Å². The average Bonchev–Trinajstić information content (AvgIpc) is 3.27. The number of hydrogen-bond donors (Lipinski definition) is 0. The minimum Gasteiger partial charge on any atom is -0.756 e. The fourth-order valence-corrected chi connectivity index (χ4v) is 6.60. The molecule has 9 nitrogen and oxygen atoms in total. The molecule has 0 N–H and O–H groups in total. The molecule has 0 aliphatic rings. The molecular formula is C56H90NO8P. The summed E-state index contributed by atoms with van der Waals surface area (Å²) in [7, 11) is 1.09. The zero-order valence-corrected chi connectivity index (χ0v) is 42.7. The number of rotatable bonds is 43. The molecule has 0 spiro atoms. The monoisotopic (exact) mass is 936 g/mol. The fraction of sp³-hybridized carbons (Fsp3) is 0.571. The fourth-order valence-electron chi connectivity index (χ4n) is 5.87. The SMILES string of the molecule is CC/C=C\C/C=C\C/C=C\C/C=C\C/C=C\C/C=C\C/C=C\CCCC(=O)OC(COC(=O)CCCCCCCC/C=C\C/C=C\C/C=C\C/C=C\CC)COP(=O)([O-])OCC[N+](C)(C)C. The smallest absolute Gasteiger partial charge is 0.306 e. The van der Waals surface area contributed by atoms with E-state index in [4.69, 9.17) is 18.5 Å². The van der Waals surface area contributed by atoms with Crippen LogP contribution in [0.2, 0.25) is 0 Å². The van der Waals surface area contributed by atoms with Crippen LogP contribution in [0.25, 0.3) is 0 Å². The van der Waals surface area contributed by atoms with Crippen LogP contribution in [0.3, 0.4) is 0 Å². The molecule has 0 rings (SSSR count). The van der Waals surface area contributed by atoms with Gasteiger partial charge in [0.05, 0.1) is 27.7 Å². The lowest BCUT2D eigenvalue weighted by molar-refractivity contribution is -0.870. The number of unbranched alkanes of at least 4 members (excludes halogenated alkanes) is 7. The highest BCUT2D eigenvalue weighted by molar-refractivity contribution is 7.45. The molecule has 0 aliphatic heterocycles. The van der Waals surface area contributed by atoms with E-state index in [0.717, 1.165) is 109 Å². The molecule has 372 valence electrons. The van der Waals surface area contributed by atoms with Crippen LogP contribution in [0, 0.1) is 0 Å². The van der Waals surface area contributed by atoms with E-state index >= 15 is 0 Å². The van der Waals surface area contributed by atoms with E-state index in [2.05, 4.69) is 141 Å². The van der Waals surface area contributed by atoms with Crippen molar-refractivity contribution in [1.29, 1.82) is 0 Å². The zero-order valence-electron chi connectivity index (χ0n) is 41.8. The molecule has 0 radical (unpaired) electrons. The molecule has 0 aromatic heterocycles. The molecule has 0 aromatic rings. The normalized spacial score (nSPS) is 14.6. The second kappa shape index (κ2) is 46.3. The summed E-state index contributed by atoms with van der Waals surface area (Å²) in [5, 5.41) is 0. The van der Waals surface area contributed by atoms with Gasteiger partial charge in [-0.25, -0.2) is 0 Å². The lowest BCUT2D eigenvalue weighted by Crippen LogP contribution is -2.37. The summed E-state index contributed by atoms with van der Waals surface area (Å²) in [6, 6.07) is 0. The number of hydrogen-bond acceptors (Lipinski definition) is 8. The second-order valence-corrected chi connectivity index (χ2v) is 18.5. The van der Waals surface area contributed by atoms with Gasteiger partial charge in [0, 0.05) is 12.8 Å². The molecule has 0 aliphatic carbocycles. The van der Waals surface area contributed by atoms with E-state index in [1.54, 1.807) is 0 Å². The van der Waals surface area contributed by atoms with Crippen LogP contribution in [0.15, 0.2) is 134 Å². The van der Waals surface area contributed by atoms with E-state index < -0.39 is 32.5 Å². The van der Waals surface area contributed by atoms with Crippen molar-refractivity contribution in [3.63, 3.8) is 0 Å². The Kier molecular flexibility index (Phi) is 43.6. The third kappa shape index (κ3) is 49.6. The first-order valence-electron chi connectivity index (χ1n) is 24.9. The van der Waals surface area contributed by atoms with Crippen LogP contribution in [-0.2, 0) is 32.7 Å². The number of carbonyl (C=O) groups is 2. The maximum Gasteiger partial charge on any atom is 0.306 e. The van der Waals surface area contributed by atoms with Gasteiger partial charge < -0.3 is 27.9 Å². The summed E-state index contributed by atoms with van der Waals surface area (Å²) in [5.41, 5.74) is 0. The first-order valence-corrected chi connectivity index (χ1v) is 26.4. The molecule has 0 heterocycles. The van der Waals surface area contributed by atoms with Gasteiger partial charge >= 0.3 is 11.9 Å². The summed E-state index contributed by atoms with van der Waals surface area (Å²) in [6.07, 6.45) is 66.3. The van der Waals surface area contributed by atoms with Crippen LogP contribution in [0.5, 0.6) is 0 Å². The third-order valence-electron chi connectivity index (χ3n) is 9.67. The van der Waals surface area contributed by atoms with Gasteiger partial charge in [-0.2, -0.15) is 0 Å². The molecule has 66 heavy (non-hydrogen) atoms. The Labute approximate surface area is 402 Å². The summed E-state index contributed by atoms with van der Waals surface area (Å²) >= 11 is 0. The van der Waals surface area contributed by atoms with Gasteiger partial charge in [-0.3, -0.25) is 14.2 Å².